The Balaban J connectivity index is 1.59. The molecule has 0 fully saturated rings. The highest BCUT2D eigenvalue weighted by atomic mass is 16.5. The van der Waals surface area contributed by atoms with Gasteiger partial charge in [0.05, 0.1) is 6.21 Å². The minimum Gasteiger partial charge on any atom is -0.483 e. The van der Waals surface area contributed by atoms with Crippen molar-refractivity contribution in [1.29, 1.82) is 0 Å². The Hall–Kier alpha value is -3.08. The van der Waals surface area contributed by atoms with E-state index >= 15 is 0 Å². The number of rotatable bonds is 5. The van der Waals surface area contributed by atoms with Gasteiger partial charge in [-0.25, -0.2) is 5.43 Å². The first kappa shape index (κ1) is 15.8. The standard InChI is InChI=1S/C19H19N3O2/c1-13-5-3-6-14(2)19(13)24-12-18(23)22-21-11-15-7-4-8-17-16(15)9-10-20-17/h3-11,20H,12H2,1-2H3,(H,22,23)/b21-11+. The molecule has 122 valence electrons. The van der Waals surface area contributed by atoms with Crippen LogP contribution in [0.5, 0.6) is 5.75 Å². The quantitative estimate of drug-likeness (QED) is 0.559. The average Bonchev–Trinajstić information content (AvgIpc) is 3.04. The van der Waals surface area contributed by atoms with Crippen LogP contribution in [0.2, 0.25) is 0 Å². The first-order valence-corrected chi connectivity index (χ1v) is 7.72. The molecule has 3 aromatic rings. The maximum Gasteiger partial charge on any atom is 0.277 e. The van der Waals surface area contributed by atoms with Crippen LogP contribution in [0.15, 0.2) is 53.8 Å². The molecule has 0 radical (unpaired) electrons. The van der Waals surface area contributed by atoms with Crippen molar-refractivity contribution in [2.45, 2.75) is 13.8 Å². The molecule has 1 aromatic heterocycles. The molecule has 24 heavy (non-hydrogen) atoms. The molecule has 1 heterocycles. The molecule has 0 saturated heterocycles. The molecule has 0 spiro atoms. The maximum atomic E-state index is 11.9. The average molecular weight is 321 g/mol. The Labute approximate surface area is 140 Å². The van der Waals surface area contributed by atoms with Crippen molar-refractivity contribution in [2.75, 3.05) is 6.61 Å². The van der Waals surface area contributed by atoms with Gasteiger partial charge in [-0.15, -0.1) is 0 Å². The Morgan fingerprint density at radius 2 is 1.92 bits per heavy atom. The van der Waals surface area contributed by atoms with Gasteiger partial charge in [-0.1, -0.05) is 30.3 Å². The lowest BCUT2D eigenvalue weighted by Gasteiger charge is -2.10. The number of nitrogens with one attached hydrogen (secondary N) is 2. The number of benzene rings is 2. The van der Waals surface area contributed by atoms with Crippen molar-refractivity contribution in [2.24, 2.45) is 5.10 Å². The molecule has 0 aliphatic carbocycles. The number of hydrazone groups is 1. The van der Waals surface area contributed by atoms with E-state index in [1.165, 1.54) is 0 Å². The summed E-state index contributed by atoms with van der Waals surface area (Å²) in [4.78, 5) is 15.0. The molecule has 2 N–H and O–H groups in total. The van der Waals surface area contributed by atoms with E-state index in [0.29, 0.717) is 0 Å². The fourth-order valence-electron chi connectivity index (χ4n) is 2.59. The second-order valence-electron chi connectivity index (χ2n) is 5.59. The second-order valence-corrected chi connectivity index (χ2v) is 5.59. The number of ether oxygens (including phenoxy) is 1. The van der Waals surface area contributed by atoms with E-state index in [4.69, 9.17) is 4.74 Å². The molecule has 0 aliphatic rings. The Morgan fingerprint density at radius 1 is 1.17 bits per heavy atom. The zero-order valence-electron chi connectivity index (χ0n) is 13.7. The van der Waals surface area contributed by atoms with Crippen LogP contribution in [-0.4, -0.2) is 23.7 Å². The number of hydrogen-bond donors (Lipinski definition) is 2. The van der Waals surface area contributed by atoms with Crippen molar-refractivity contribution in [3.63, 3.8) is 0 Å². The number of H-pyrrole nitrogens is 1. The molecule has 3 rings (SSSR count). The third-order valence-electron chi connectivity index (χ3n) is 3.78. The van der Waals surface area contributed by atoms with Crippen molar-refractivity contribution >= 4 is 23.0 Å². The van der Waals surface area contributed by atoms with E-state index in [1.54, 1.807) is 6.21 Å². The highest BCUT2D eigenvalue weighted by Gasteiger charge is 2.06. The topological polar surface area (TPSA) is 66.5 Å². The summed E-state index contributed by atoms with van der Waals surface area (Å²) in [5.41, 5.74) is 6.47. The number of hydrogen-bond acceptors (Lipinski definition) is 3. The summed E-state index contributed by atoms with van der Waals surface area (Å²) in [5.74, 6) is 0.448. The van der Waals surface area contributed by atoms with Gasteiger partial charge in [-0.05, 0) is 37.1 Å². The molecule has 0 saturated carbocycles. The van der Waals surface area contributed by atoms with Gasteiger partial charge in [-0.2, -0.15) is 5.10 Å². The fraction of sp³-hybridized carbons (Fsp3) is 0.158. The number of para-hydroxylation sites is 1. The van der Waals surface area contributed by atoms with Gasteiger partial charge in [0.25, 0.3) is 5.91 Å². The lowest BCUT2D eigenvalue weighted by Crippen LogP contribution is -2.25. The van der Waals surface area contributed by atoms with Crippen molar-refractivity contribution in [3.8, 4) is 5.75 Å². The lowest BCUT2D eigenvalue weighted by molar-refractivity contribution is -0.123. The number of amides is 1. The predicted octanol–water partition coefficient (Wildman–Crippen LogP) is 3.31. The maximum absolute atomic E-state index is 11.9. The fourth-order valence-corrected chi connectivity index (χ4v) is 2.59. The summed E-state index contributed by atoms with van der Waals surface area (Å²) in [5, 5.41) is 5.07. The third kappa shape index (κ3) is 3.46. The number of aromatic nitrogens is 1. The summed E-state index contributed by atoms with van der Waals surface area (Å²) in [6.07, 6.45) is 3.51. The summed E-state index contributed by atoms with van der Waals surface area (Å²) in [7, 11) is 0. The second kappa shape index (κ2) is 7.00. The Morgan fingerprint density at radius 3 is 2.71 bits per heavy atom. The molecule has 2 aromatic carbocycles. The Kier molecular flexibility index (Phi) is 4.61. The number of nitrogens with zero attached hydrogens (tertiary/aromatic N) is 1. The summed E-state index contributed by atoms with van der Waals surface area (Å²) < 4.78 is 5.60. The van der Waals surface area contributed by atoms with E-state index in [-0.39, 0.29) is 12.5 Å². The minimum absolute atomic E-state index is 0.0720. The molecular weight excluding hydrogens is 302 g/mol. The normalized spacial score (nSPS) is 11.1. The van der Waals surface area contributed by atoms with Gasteiger partial charge in [0.2, 0.25) is 0 Å². The lowest BCUT2D eigenvalue weighted by atomic mass is 10.1. The van der Waals surface area contributed by atoms with Gasteiger partial charge in [0.1, 0.15) is 5.75 Å². The van der Waals surface area contributed by atoms with E-state index in [9.17, 15) is 4.79 Å². The van der Waals surface area contributed by atoms with E-state index < -0.39 is 0 Å². The number of aromatic amines is 1. The summed E-state index contributed by atoms with van der Waals surface area (Å²) >= 11 is 0. The number of fused-ring (bicyclic) bond motifs is 1. The van der Waals surface area contributed by atoms with E-state index in [0.717, 1.165) is 33.3 Å². The van der Waals surface area contributed by atoms with Crippen LogP contribution in [0.25, 0.3) is 10.9 Å². The van der Waals surface area contributed by atoms with Crippen molar-refractivity contribution < 1.29 is 9.53 Å². The SMILES string of the molecule is Cc1cccc(C)c1OCC(=O)N/N=C/c1cccc2[nH]ccc12. The van der Waals surface area contributed by atoms with Crippen molar-refractivity contribution in [1.82, 2.24) is 10.4 Å². The first-order chi connectivity index (χ1) is 11.6. The first-order valence-electron chi connectivity index (χ1n) is 7.72. The molecule has 0 atom stereocenters. The van der Waals surface area contributed by atoms with Crippen LogP contribution in [0.1, 0.15) is 16.7 Å². The highest BCUT2D eigenvalue weighted by Crippen LogP contribution is 2.22. The zero-order valence-corrected chi connectivity index (χ0v) is 13.7. The van der Waals surface area contributed by atoms with Gasteiger partial charge in [0.15, 0.2) is 6.61 Å². The largest absolute Gasteiger partial charge is 0.483 e. The minimum atomic E-state index is -0.296. The molecule has 0 aliphatic heterocycles. The zero-order chi connectivity index (χ0) is 16.9. The van der Waals surface area contributed by atoms with Crippen LogP contribution in [0.3, 0.4) is 0 Å². The summed E-state index contributed by atoms with van der Waals surface area (Å²) in [6, 6.07) is 13.7. The van der Waals surface area contributed by atoms with E-state index in [1.807, 2.05) is 62.5 Å². The predicted molar refractivity (Wildman–Crippen MR) is 95.4 cm³/mol. The van der Waals surface area contributed by atoms with Crippen LogP contribution in [0, 0.1) is 13.8 Å². The van der Waals surface area contributed by atoms with Gasteiger partial charge in [0, 0.05) is 22.7 Å². The summed E-state index contributed by atoms with van der Waals surface area (Å²) in [6.45, 7) is 3.84. The molecular formula is C19H19N3O2. The molecule has 0 bridgehead atoms. The van der Waals surface area contributed by atoms with Crippen LogP contribution in [0.4, 0.5) is 0 Å². The third-order valence-corrected chi connectivity index (χ3v) is 3.78. The Bertz CT molecular complexity index is 876. The van der Waals surface area contributed by atoms with Gasteiger partial charge < -0.3 is 9.72 Å². The number of aryl methyl sites for hydroxylation is 2. The van der Waals surface area contributed by atoms with Gasteiger partial charge in [-0.3, -0.25) is 4.79 Å². The smallest absolute Gasteiger partial charge is 0.277 e. The highest BCUT2D eigenvalue weighted by molar-refractivity contribution is 5.98. The number of carbonyl (C=O) groups excluding carboxylic acids is 1. The molecule has 1 amide bonds. The van der Waals surface area contributed by atoms with Crippen LogP contribution < -0.4 is 10.2 Å². The van der Waals surface area contributed by atoms with Gasteiger partial charge >= 0.3 is 0 Å². The number of carbonyl (C=O) groups is 1. The molecule has 0 unspecified atom stereocenters. The van der Waals surface area contributed by atoms with Crippen LogP contribution >= 0.6 is 0 Å². The van der Waals surface area contributed by atoms with Crippen molar-refractivity contribution in [3.05, 3.63) is 65.4 Å². The molecule has 5 nitrogen and oxygen atoms in total. The van der Waals surface area contributed by atoms with E-state index in [2.05, 4.69) is 15.5 Å². The molecule has 5 heteroatoms. The monoisotopic (exact) mass is 321 g/mol. The van der Waals surface area contributed by atoms with Crippen LogP contribution in [-0.2, 0) is 4.79 Å².